The van der Waals surface area contributed by atoms with Crippen molar-refractivity contribution in [2.45, 2.75) is 32.4 Å². The Kier molecular flexibility index (Phi) is 6.91. The number of nitrogens with two attached hydrogens (primary N) is 1. The summed E-state index contributed by atoms with van der Waals surface area (Å²) in [5.74, 6) is 1.61. The highest BCUT2D eigenvalue weighted by molar-refractivity contribution is 7.27. The van der Waals surface area contributed by atoms with Gasteiger partial charge in [0, 0.05) is 45.5 Å². The van der Waals surface area contributed by atoms with Crippen LogP contribution in [0.3, 0.4) is 0 Å². The number of piperidine rings is 1. The SMILES string of the molecule is CC1=C/C(=C(/N(C)Cc2cc(P)ccc2C#N)N2CCCC(N)C2)C(N(C)C=O)=N1. The summed E-state index contributed by atoms with van der Waals surface area (Å²) in [7, 11) is 6.41. The number of carbonyl (C=O) groups is 1. The third kappa shape index (κ3) is 4.72. The highest BCUT2D eigenvalue weighted by Crippen LogP contribution is 2.28. The van der Waals surface area contributed by atoms with E-state index in [2.05, 4.69) is 30.1 Å². The maximum Gasteiger partial charge on any atom is 0.215 e. The Balaban J connectivity index is 2.07. The molecule has 1 aromatic rings. The summed E-state index contributed by atoms with van der Waals surface area (Å²) < 4.78 is 0. The number of likely N-dealkylation sites (N-methyl/N-ethyl adjacent to an activating group) is 1. The van der Waals surface area contributed by atoms with Crippen LogP contribution in [0.5, 0.6) is 0 Å². The van der Waals surface area contributed by atoms with Crippen LogP contribution in [0.25, 0.3) is 0 Å². The largest absolute Gasteiger partial charge is 0.356 e. The molecule has 8 heteroatoms. The number of amidine groups is 1. The summed E-state index contributed by atoms with van der Waals surface area (Å²) in [6.07, 6.45) is 4.80. The molecule has 1 fully saturated rings. The molecular formula is C22H29N6OP. The minimum atomic E-state index is 0.100. The standard InChI is InChI=1S/C22H29N6OP/c1-15-9-20(21(25-15)27(3)14-29)22(28-8-4-5-18(24)13-28)26(2)12-17-10-19(30)7-6-16(17)11-23/h6-7,9-10,14,18H,4-5,8,12-13,24,30H2,1-3H3/b22-20+. The molecule has 2 aliphatic heterocycles. The van der Waals surface area contributed by atoms with Gasteiger partial charge in [0.05, 0.1) is 17.2 Å². The Morgan fingerprint density at radius 1 is 1.47 bits per heavy atom. The molecule has 0 aromatic heterocycles. The van der Waals surface area contributed by atoms with Gasteiger partial charge in [0.15, 0.2) is 0 Å². The molecule has 2 N–H and O–H groups in total. The molecule has 2 unspecified atom stereocenters. The predicted molar refractivity (Wildman–Crippen MR) is 123 cm³/mol. The highest BCUT2D eigenvalue weighted by atomic mass is 31.0. The van der Waals surface area contributed by atoms with Crippen LogP contribution < -0.4 is 11.0 Å². The van der Waals surface area contributed by atoms with Crippen molar-refractivity contribution < 1.29 is 4.79 Å². The van der Waals surface area contributed by atoms with Gasteiger partial charge in [-0.25, -0.2) is 4.99 Å². The van der Waals surface area contributed by atoms with Crippen molar-refractivity contribution in [3.8, 4) is 6.07 Å². The topological polar surface area (TPSA) is 89.0 Å². The fraction of sp³-hybridized carbons (Fsp3) is 0.409. The lowest BCUT2D eigenvalue weighted by Gasteiger charge is -2.40. The zero-order valence-electron chi connectivity index (χ0n) is 17.8. The van der Waals surface area contributed by atoms with Crippen LogP contribution >= 0.6 is 9.24 Å². The number of hydrogen-bond donors (Lipinski definition) is 1. The quantitative estimate of drug-likeness (QED) is 0.572. The van der Waals surface area contributed by atoms with Crippen LogP contribution in [0.4, 0.5) is 0 Å². The van der Waals surface area contributed by atoms with Gasteiger partial charge in [0.1, 0.15) is 11.7 Å². The van der Waals surface area contributed by atoms with Crippen LogP contribution in [0.15, 0.2) is 46.4 Å². The second-order valence-corrected chi connectivity index (χ2v) is 8.57. The molecule has 0 spiro atoms. The van der Waals surface area contributed by atoms with Crippen LogP contribution in [-0.4, -0.2) is 60.2 Å². The summed E-state index contributed by atoms with van der Waals surface area (Å²) >= 11 is 0. The van der Waals surface area contributed by atoms with Gasteiger partial charge < -0.3 is 20.4 Å². The third-order valence-electron chi connectivity index (χ3n) is 5.39. The van der Waals surface area contributed by atoms with Crippen molar-refractivity contribution >= 4 is 26.8 Å². The number of nitriles is 1. The van der Waals surface area contributed by atoms with Gasteiger partial charge in [-0.05, 0) is 48.8 Å². The number of likely N-dealkylation sites (tertiary alicyclic amines) is 1. The van der Waals surface area contributed by atoms with Crippen molar-refractivity contribution in [3.63, 3.8) is 0 Å². The van der Waals surface area contributed by atoms with E-state index in [9.17, 15) is 10.1 Å². The molecule has 3 rings (SSSR count). The molecule has 0 aliphatic carbocycles. The molecule has 0 bridgehead atoms. The van der Waals surface area contributed by atoms with Crippen molar-refractivity contribution in [2.24, 2.45) is 10.7 Å². The maximum absolute atomic E-state index is 11.5. The smallest absolute Gasteiger partial charge is 0.215 e. The molecule has 0 saturated carbocycles. The molecule has 1 amide bonds. The van der Waals surface area contributed by atoms with Gasteiger partial charge in [0.2, 0.25) is 6.41 Å². The molecule has 1 saturated heterocycles. The molecule has 0 radical (unpaired) electrons. The number of hydrogen-bond acceptors (Lipinski definition) is 6. The summed E-state index contributed by atoms with van der Waals surface area (Å²) in [5.41, 5.74) is 9.65. The van der Waals surface area contributed by atoms with E-state index < -0.39 is 0 Å². The monoisotopic (exact) mass is 424 g/mol. The predicted octanol–water partition coefficient (Wildman–Crippen LogP) is 1.53. The number of amides is 1. The van der Waals surface area contributed by atoms with Crippen molar-refractivity contribution in [1.82, 2.24) is 14.7 Å². The van der Waals surface area contributed by atoms with E-state index in [1.54, 1.807) is 7.05 Å². The molecule has 158 valence electrons. The Bertz CT molecular complexity index is 961. The van der Waals surface area contributed by atoms with Crippen LogP contribution in [0, 0.1) is 11.3 Å². The molecule has 2 heterocycles. The average Bonchev–Trinajstić information content (AvgIpc) is 3.09. The second kappa shape index (κ2) is 9.42. The normalized spacial score (nSPS) is 20.3. The minimum Gasteiger partial charge on any atom is -0.356 e. The number of aliphatic imine (C=N–C) groups is 1. The van der Waals surface area contributed by atoms with Crippen molar-refractivity contribution in [1.29, 1.82) is 5.26 Å². The van der Waals surface area contributed by atoms with Gasteiger partial charge in [-0.1, -0.05) is 6.07 Å². The van der Waals surface area contributed by atoms with Gasteiger partial charge >= 0.3 is 0 Å². The average molecular weight is 424 g/mol. The number of rotatable bonds is 5. The number of carbonyl (C=O) groups excluding carboxylic acids is 1. The number of allylic oxidation sites excluding steroid dienone is 1. The number of nitrogens with zero attached hydrogens (tertiary/aromatic N) is 5. The van der Waals surface area contributed by atoms with E-state index in [4.69, 9.17) is 5.73 Å². The molecular weight excluding hydrogens is 395 g/mol. The summed E-state index contributed by atoms with van der Waals surface area (Å²) in [6.45, 7) is 4.11. The fourth-order valence-electron chi connectivity index (χ4n) is 4.02. The maximum atomic E-state index is 11.5. The van der Waals surface area contributed by atoms with Crippen molar-refractivity contribution in [2.75, 3.05) is 27.2 Å². The molecule has 1 aromatic carbocycles. The third-order valence-corrected chi connectivity index (χ3v) is 5.74. The Morgan fingerprint density at radius 3 is 2.90 bits per heavy atom. The molecule has 2 aliphatic rings. The lowest BCUT2D eigenvalue weighted by molar-refractivity contribution is -0.114. The summed E-state index contributed by atoms with van der Waals surface area (Å²) in [5, 5.41) is 10.6. The highest BCUT2D eigenvalue weighted by Gasteiger charge is 2.29. The molecule has 30 heavy (non-hydrogen) atoms. The lowest BCUT2D eigenvalue weighted by atomic mass is 10.0. The van der Waals surface area contributed by atoms with E-state index in [0.29, 0.717) is 17.9 Å². The zero-order chi connectivity index (χ0) is 21.8. The Hall–Kier alpha value is -2.68. The van der Waals surface area contributed by atoms with E-state index in [0.717, 1.165) is 60.3 Å². The molecule has 7 nitrogen and oxygen atoms in total. The first-order valence-electron chi connectivity index (χ1n) is 10.0. The summed E-state index contributed by atoms with van der Waals surface area (Å²) in [4.78, 5) is 22.0. The van der Waals surface area contributed by atoms with Gasteiger partial charge in [0.25, 0.3) is 0 Å². The Morgan fingerprint density at radius 2 is 2.23 bits per heavy atom. The van der Waals surface area contributed by atoms with E-state index in [1.165, 1.54) is 4.90 Å². The van der Waals surface area contributed by atoms with E-state index in [1.807, 2.05) is 38.2 Å². The van der Waals surface area contributed by atoms with E-state index >= 15 is 0 Å². The minimum absolute atomic E-state index is 0.100. The van der Waals surface area contributed by atoms with Gasteiger partial charge in [-0.3, -0.25) is 4.79 Å². The fourth-order valence-corrected chi connectivity index (χ4v) is 4.32. The Labute approximate surface area is 180 Å². The van der Waals surface area contributed by atoms with Crippen molar-refractivity contribution in [3.05, 3.63) is 52.5 Å². The first-order valence-corrected chi connectivity index (χ1v) is 10.6. The van der Waals surface area contributed by atoms with Crippen LogP contribution in [-0.2, 0) is 11.3 Å². The van der Waals surface area contributed by atoms with Gasteiger partial charge in [-0.15, -0.1) is 9.24 Å². The first kappa shape index (κ1) is 22.0. The summed E-state index contributed by atoms with van der Waals surface area (Å²) in [6, 6.07) is 8.18. The molecule has 2 atom stereocenters. The van der Waals surface area contributed by atoms with Gasteiger partial charge in [-0.2, -0.15) is 5.26 Å². The second-order valence-electron chi connectivity index (χ2n) is 7.91. The lowest BCUT2D eigenvalue weighted by Crippen LogP contribution is -2.46. The first-order chi connectivity index (χ1) is 14.3. The number of benzene rings is 1. The van der Waals surface area contributed by atoms with Crippen LogP contribution in [0.2, 0.25) is 0 Å². The zero-order valence-corrected chi connectivity index (χ0v) is 19.0. The van der Waals surface area contributed by atoms with E-state index in [-0.39, 0.29) is 6.04 Å². The van der Waals surface area contributed by atoms with Crippen LogP contribution in [0.1, 0.15) is 30.9 Å².